The Morgan fingerprint density at radius 1 is 0.947 bits per heavy atom. The van der Waals surface area contributed by atoms with Crippen molar-refractivity contribution in [3.05, 3.63) is 34.4 Å². The molecule has 0 radical (unpaired) electrons. The summed E-state index contributed by atoms with van der Waals surface area (Å²) < 4.78 is 0. The summed E-state index contributed by atoms with van der Waals surface area (Å²) in [5.74, 6) is 0.182. The number of aryl methyl sites for hydroxylation is 3. The zero-order chi connectivity index (χ0) is 14.6. The summed E-state index contributed by atoms with van der Waals surface area (Å²) in [5, 5.41) is 20.5. The molecule has 1 rings (SSSR count). The monoisotopic (exact) mass is 264 g/mol. The zero-order valence-electron chi connectivity index (χ0n) is 12.9. The van der Waals surface area contributed by atoms with E-state index in [1.807, 2.05) is 0 Å². The van der Waals surface area contributed by atoms with Crippen molar-refractivity contribution >= 4 is 0 Å². The lowest BCUT2D eigenvalue weighted by Crippen LogP contribution is -2.35. The predicted molar refractivity (Wildman–Crippen MR) is 80.4 cm³/mol. The van der Waals surface area contributed by atoms with Gasteiger partial charge in [-0.3, -0.25) is 0 Å². The van der Waals surface area contributed by atoms with Crippen LogP contribution in [0.5, 0.6) is 0 Å². The van der Waals surface area contributed by atoms with Crippen molar-refractivity contribution < 1.29 is 10.2 Å². The van der Waals surface area contributed by atoms with Crippen molar-refractivity contribution in [3.63, 3.8) is 0 Å². The summed E-state index contributed by atoms with van der Waals surface area (Å²) in [6.07, 6.45) is 1.04. The Morgan fingerprint density at radius 3 is 1.84 bits per heavy atom. The molecule has 2 heteroatoms. The molecule has 2 N–H and O–H groups in total. The van der Waals surface area contributed by atoms with Crippen molar-refractivity contribution in [2.75, 3.05) is 0 Å². The van der Waals surface area contributed by atoms with E-state index in [2.05, 4.69) is 46.8 Å². The molecule has 108 valence electrons. The number of hydrogen-bond acceptors (Lipinski definition) is 2. The van der Waals surface area contributed by atoms with Crippen LogP contribution in [0.1, 0.15) is 48.9 Å². The molecule has 2 nitrogen and oxygen atoms in total. The molecule has 0 heterocycles. The number of aliphatic hydroxyl groups excluding tert-OH is 2. The second-order valence-corrected chi connectivity index (χ2v) is 5.72. The number of rotatable bonds is 6. The van der Waals surface area contributed by atoms with Crippen LogP contribution in [0.25, 0.3) is 0 Å². The highest BCUT2D eigenvalue weighted by Gasteiger charge is 2.24. The first-order chi connectivity index (χ1) is 8.90. The highest BCUT2D eigenvalue weighted by Crippen LogP contribution is 2.22. The quantitative estimate of drug-likeness (QED) is 0.827. The lowest BCUT2D eigenvalue weighted by molar-refractivity contribution is -0.0189. The number of benzene rings is 1. The Labute approximate surface area is 117 Å². The van der Waals surface area contributed by atoms with Crippen LogP contribution in [-0.2, 0) is 6.42 Å². The van der Waals surface area contributed by atoms with Crippen LogP contribution >= 0.6 is 0 Å². The Kier molecular flexibility index (Phi) is 6.02. The Bertz CT molecular complexity index is 385. The Balaban J connectivity index is 2.85. The van der Waals surface area contributed by atoms with Gasteiger partial charge < -0.3 is 10.2 Å². The van der Waals surface area contributed by atoms with E-state index in [1.54, 1.807) is 0 Å². The fourth-order valence-electron chi connectivity index (χ4n) is 2.95. The van der Waals surface area contributed by atoms with Gasteiger partial charge >= 0.3 is 0 Å². The molecule has 19 heavy (non-hydrogen) atoms. The van der Waals surface area contributed by atoms with E-state index in [4.69, 9.17) is 0 Å². The summed E-state index contributed by atoms with van der Waals surface area (Å²) in [5.41, 5.74) is 4.82. The van der Waals surface area contributed by atoms with E-state index < -0.39 is 12.2 Å². The lowest BCUT2D eigenvalue weighted by Gasteiger charge is -2.26. The zero-order valence-corrected chi connectivity index (χ0v) is 12.9. The van der Waals surface area contributed by atoms with Crippen LogP contribution in [-0.4, -0.2) is 22.4 Å². The largest absolute Gasteiger partial charge is 0.390 e. The van der Waals surface area contributed by atoms with Gasteiger partial charge in [-0.1, -0.05) is 44.4 Å². The second-order valence-electron chi connectivity index (χ2n) is 5.72. The average molecular weight is 264 g/mol. The van der Waals surface area contributed by atoms with Crippen LogP contribution in [0.15, 0.2) is 12.1 Å². The smallest absolute Gasteiger partial charge is 0.0842 e. The molecule has 0 saturated heterocycles. The van der Waals surface area contributed by atoms with Crippen LogP contribution < -0.4 is 0 Å². The van der Waals surface area contributed by atoms with Gasteiger partial charge in [-0.15, -0.1) is 0 Å². The number of hydrogen-bond donors (Lipinski definition) is 2. The standard InChI is InChI=1S/C17H28O2/c1-6-14(7-2)17(19)16(18)10-15-12(4)8-11(3)9-13(15)5/h8-9,14,16-19H,6-7,10H2,1-5H3. The third-order valence-electron chi connectivity index (χ3n) is 4.18. The van der Waals surface area contributed by atoms with E-state index >= 15 is 0 Å². The molecule has 0 amide bonds. The molecule has 0 bridgehead atoms. The lowest BCUT2D eigenvalue weighted by atomic mass is 9.87. The van der Waals surface area contributed by atoms with E-state index in [9.17, 15) is 10.2 Å². The third-order valence-corrected chi connectivity index (χ3v) is 4.18. The maximum absolute atomic E-state index is 10.3. The van der Waals surface area contributed by atoms with Gasteiger partial charge in [0.2, 0.25) is 0 Å². The fraction of sp³-hybridized carbons (Fsp3) is 0.647. The minimum absolute atomic E-state index is 0.182. The molecule has 0 saturated carbocycles. The van der Waals surface area contributed by atoms with Gasteiger partial charge in [0.15, 0.2) is 0 Å². The van der Waals surface area contributed by atoms with Crippen LogP contribution in [0, 0.1) is 26.7 Å². The summed E-state index contributed by atoms with van der Waals surface area (Å²) in [4.78, 5) is 0. The molecular weight excluding hydrogens is 236 g/mol. The van der Waals surface area contributed by atoms with E-state index in [0.717, 1.165) is 12.8 Å². The average Bonchev–Trinajstić information content (AvgIpc) is 2.34. The number of aliphatic hydroxyl groups is 2. The van der Waals surface area contributed by atoms with E-state index in [0.29, 0.717) is 6.42 Å². The topological polar surface area (TPSA) is 40.5 Å². The molecule has 1 aromatic rings. The SMILES string of the molecule is CCC(CC)C(O)C(O)Cc1c(C)cc(C)cc1C. The molecule has 0 fully saturated rings. The summed E-state index contributed by atoms with van der Waals surface area (Å²) in [6.45, 7) is 10.4. The van der Waals surface area contributed by atoms with Crippen LogP contribution in [0.2, 0.25) is 0 Å². The first kappa shape index (κ1) is 16.2. The molecule has 2 atom stereocenters. The maximum atomic E-state index is 10.3. The van der Waals surface area contributed by atoms with Gasteiger partial charge in [0, 0.05) is 6.42 Å². The maximum Gasteiger partial charge on any atom is 0.0842 e. The van der Waals surface area contributed by atoms with Crippen molar-refractivity contribution in [1.82, 2.24) is 0 Å². The second kappa shape index (κ2) is 7.06. The van der Waals surface area contributed by atoms with Gasteiger partial charge in [-0.05, 0) is 43.4 Å². The first-order valence-electron chi connectivity index (χ1n) is 7.33. The van der Waals surface area contributed by atoms with Crippen LogP contribution in [0.4, 0.5) is 0 Å². The summed E-state index contributed by atoms with van der Waals surface area (Å²) in [7, 11) is 0. The van der Waals surface area contributed by atoms with Gasteiger partial charge in [-0.25, -0.2) is 0 Å². The molecule has 0 aromatic heterocycles. The molecular formula is C17H28O2. The van der Waals surface area contributed by atoms with Gasteiger partial charge in [0.25, 0.3) is 0 Å². The first-order valence-corrected chi connectivity index (χ1v) is 7.33. The fourth-order valence-corrected chi connectivity index (χ4v) is 2.95. The van der Waals surface area contributed by atoms with Gasteiger partial charge in [0.05, 0.1) is 12.2 Å². The summed E-state index contributed by atoms with van der Waals surface area (Å²) >= 11 is 0. The highest BCUT2D eigenvalue weighted by atomic mass is 16.3. The molecule has 1 aromatic carbocycles. The minimum atomic E-state index is -0.676. The van der Waals surface area contributed by atoms with E-state index in [1.165, 1.54) is 22.3 Å². The molecule has 0 spiro atoms. The third kappa shape index (κ3) is 4.05. The molecule has 2 unspecified atom stereocenters. The molecule has 0 aliphatic carbocycles. The van der Waals surface area contributed by atoms with Gasteiger partial charge in [0.1, 0.15) is 0 Å². The normalized spacial score (nSPS) is 14.7. The molecule has 0 aliphatic heterocycles. The van der Waals surface area contributed by atoms with E-state index in [-0.39, 0.29) is 5.92 Å². The van der Waals surface area contributed by atoms with Crippen molar-refractivity contribution in [2.24, 2.45) is 5.92 Å². The Hall–Kier alpha value is -0.860. The van der Waals surface area contributed by atoms with Crippen molar-refractivity contribution in [1.29, 1.82) is 0 Å². The summed E-state index contributed by atoms with van der Waals surface area (Å²) in [6, 6.07) is 4.27. The van der Waals surface area contributed by atoms with Crippen molar-refractivity contribution in [3.8, 4) is 0 Å². The Morgan fingerprint density at radius 2 is 1.42 bits per heavy atom. The molecule has 0 aliphatic rings. The van der Waals surface area contributed by atoms with Gasteiger partial charge in [-0.2, -0.15) is 0 Å². The van der Waals surface area contributed by atoms with Crippen LogP contribution in [0.3, 0.4) is 0 Å². The van der Waals surface area contributed by atoms with Crippen molar-refractivity contribution in [2.45, 2.75) is 66.1 Å². The highest BCUT2D eigenvalue weighted by molar-refractivity contribution is 5.37. The minimum Gasteiger partial charge on any atom is -0.390 e. The predicted octanol–water partition coefficient (Wildman–Crippen LogP) is 3.31.